The molecule has 3 aromatic heterocycles. The first-order valence-electron chi connectivity index (χ1n) is 8.28. The van der Waals surface area contributed by atoms with Crippen molar-refractivity contribution in [1.29, 1.82) is 0 Å². The molecule has 0 aliphatic rings. The fourth-order valence-corrected chi connectivity index (χ4v) is 2.87. The summed E-state index contributed by atoms with van der Waals surface area (Å²) in [5, 5.41) is 9.21. The Kier molecular flexibility index (Phi) is 5.36. The molecule has 0 radical (unpaired) electrons. The molecule has 3 heterocycles. The fraction of sp³-hybridized carbons (Fsp3) is 0.100. The van der Waals surface area contributed by atoms with E-state index in [4.69, 9.17) is 13.6 Å². The van der Waals surface area contributed by atoms with Gasteiger partial charge in [-0.1, -0.05) is 41.8 Å². The summed E-state index contributed by atoms with van der Waals surface area (Å²) in [6.45, 7) is -0.0253. The molecule has 0 amide bonds. The average Bonchev–Trinajstić information content (AvgIpc) is 3.38. The SMILES string of the molecule is O=C(OCC#CCSc1nnc(-c2ccncc2)o1)c1cc2ccccc2o1. The number of fused-ring (bicyclic) bond motifs is 1. The highest BCUT2D eigenvalue weighted by Gasteiger charge is 2.12. The second-order valence-electron chi connectivity index (χ2n) is 5.48. The molecular weight excluding hydrogens is 378 g/mol. The minimum Gasteiger partial charge on any atom is -0.449 e. The summed E-state index contributed by atoms with van der Waals surface area (Å²) in [6, 6.07) is 12.6. The zero-order chi connectivity index (χ0) is 19.2. The Morgan fingerprint density at radius 3 is 2.79 bits per heavy atom. The van der Waals surface area contributed by atoms with Crippen LogP contribution in [0.4, 0.5) is 0 Å². The maximum Gasteiger partial charge on any atom is 0.375 e. The third-order valence-electron chi connectivity index (χ3n) is 3.63. The van der Waals surface area contributed by atoms with Crippen molar-refractivity contribution >= 4 is 28.7 Å². The van der Waals surface area contributed by atoms with Gasteiger partial charge in [-0.2, -0.15) is 0 Å². The lowest BCUT2D eigenvalue weighted by Crippen LogP contribution is -2.03. The van der Waals surface area contributed by atoms with Crippen LogP contribution in [-0.2, 0) is 4.74 Å². The summed E-state index contributed by atoms with van der Waals surface area (Å²) in [7, 11) is 0. The third kappa shape index (κ3) is 4.22. The smallest absolute Gasteiger partial charge is 0.375 e. The molecule has 0 unspecified atom stereocenters. The van der Waals surface area contributed by atoms with Crippen LogP contribution >= 0.6 is 11.8 Å². The first-order chi connectivity index (χ1) is 13.8. The van der Waals surface area contributed by atoms with E-state index in [1.165, 1.54) is 11.8 Å². The summed E-state index contributed by atoms with van der Waals surface area (Å²) in [4.78, 5) is 15.9. The molecule has 1 aromatic carbocycles. The summed E-state index contributed by atoms with van der Waals surface area (Å²) < 4.78 is 16.1. The number of benzene rings is 1. The Balaban J connectivity index is 1.24. The molecule has 8 heteroatoms. The minimum atomic E-state index is -0.544. The van der Waals surface area contributed by atoms with Gasteiger partial charge in [0, 0.05) is 23.3 Å². The predicted molar refractivity (Wildman–Crippen MR) is 103 cm³/mol. The van der Waals surface area contributed by atoms with Crippen LogP contribution in [0.1, 0.15) is 10.6 Å². The monoisotopic (exact) mass is 391 g/mol. The number of carbonyl (C=O) groups excluding carboxylic acids is 1. The molecule has 0 saturated heterocycles. The second-order valence-corrected chi connectivity index (χ2v) is 6.40. The lowest BCUT2D eigenvalue weighted by molar-refractivity contribution is 0.0523. The number of nitrogens with zero attached hydrogens (tertiary/aromatic N) is 3. The average molecular weight is 391 g/mol. The van der Waals surface area contributed by atoms with Crippen LogP contribution in [0, 0.1) is 11.8 Å². The van der Waals surface area contributed by atoms with Gasteiger partial charge < -0.3 is 13.6 Å². The Hall–Kier alpha value is -3.57. The zero-order valence-corrected chi connectivity index (χ0v) is 15.3. The van der Waals surface area contributed by atoms with Crippen molar-refractivity contribution in [3.8, 4) is 23.3 Å². The number of para-hydroxylation sites is 1. The van der Waals surface area contributed by atoms with Crippen LogP contribution in [0.3, 0.4) is 0 Å². The summed E-state index contributed by atoms with van der Waals surface area (Å²) >= 11 is 1.31. The van der Waals surface area contributed by atoms with E-state index in [0.717, 1.165) is 10.9 Å². The molecule has 4 rings (SSSR count). The predicted octanol–water partition coefficient (Wildman–Crippen LogP) is 3.83. The minimum absolute atomic E-state index is 0.0253. The topological polar surface area (TPSA) is 91.2 Å². The molecule has 0 saturated carbocycles. The highest BCUT2D eigenvalue weighted by Crippen LogP contribution is 2.22. The molecule has 7 nitrogen and oxygen atoms in total. The first-order valence-corrected chi connectivity index (χ1v) is 9.26. The number of rotatable bonds is 5. The van der Waals surface area contributed by atoms with Gasteiger partial charge in [0.2, 0.25) is 11.7 Å². The number of ether oxygens (including phenoxy) is 1. The van der Waals surface area contributed by atoms with Crippen molar-refractivity contribution in [1.82, 2.24) is 15.2 Å². The number of pyridine rings is 1. The molecule has 0 atom stereocenters. The highest BCUT2D eigenvalue weighted by molar-refractivity contribution is 7.99. The maximum absolute atomic E-state index is 12.0. The Morgan fingerprint density at radius 2 is 1.93 bits per heavy atom. The Labute approximate surface area is 164 Å². The van der Waals surface area contributed by atoms with Gasteiger partial charge in [0.25, 0.3) is 5.22 Å². The number of aromatic nitrogens is 3. The van der Waals surface area contributed by atoms with E-state index >= 15 is 0 Å². The van der Waals surface area contributed by atoms with Crippen LogP contribution in [0.5, 0.6) is 0 Å². The molecule has 0 aliphatic carbocycles. The van der Waals surface area contributed by atoms with E-state index in [1.807, 2.05) is 18.2 Å². The fourth-order valence-electron chi connectivity index (χ4n) is 2.33. The van der Waals surface area contributed by atoms with Crippen molar-refractivity contribution < 1.29 is 18.4 Å². The van der Waals surface area contributed by atoms with Gasteiger partial charge in [0.05, 0.1) is 5.75 Å². The van der Waals surface area contributed by atoms with Gasteiger partial charge in [-0.15, -0.1) is 10.2 Å². The van der Waals surface area contributed by atoms with Gasteiger partial charge in [-0.05, 0) is 24.3 Å². The van der Waals surface area contributed by atoms with Gasteiger partial charge in [0.15, 0.2) is 6.61 Å². The molecule has 0 bridgehead atoms. The number of thioether (sulfide) groups is 1. The lowest BCUT2D eigenvalue weighted by atomic mass is 10.2. The number of furan rings is 1. The van der Waals surface area contributed by atoms with Crippen molar-refractivity contribution in [3.05, 3.63) is 60.6 Å². The number of carbonyl (C=O) groups is 1. The molecule has 0 fully saturated rings. The largest absolute Gasteiger partial charge is 0.449 e. The highest BCUT2D eigenvalue weighted by atomic mass is 32.2. The molecule has 0 N–H and O–H groups in total. The summed E-state index contributed by atoms with van der Waals surface area (Å²) in [6.07, 6.45) is 3.31. The van der Waals surface area contributed by atoms with Crippen molar-refractivity contribution in [2.45, 2.75) is 5.22 Å². The summed E-state index contributed by atoms with van der Waals surface area (Å²) in [5.74, 6) is 6.13. The summed E-state index contributed by atoms with van der Waals surface area (Å²) in [5.41, 5.74) is 1.44. The Bertz CT molecular complexity index is 1130. The van der Waals surface area contributed by atoms with E-state index in [-0.39, 0.29) is 12.4 Å². The number of hydrogen-bond donors (Lipinski definition) is 0. The van der Waals surface area contributed by atoms with E-state index in [1.54, 1.807) is 36.7 Å². The van der Waals surface area contributed by atoms with Gasteiger partial charge >= 0.3 is 5.97 Å². The number of hydrogen-bond acceptors (Lipinski definition) is 8. The van der Waals surface area contributed by atoms with Gasteiger partial charge in [0.1, 0.15) is 5.58 Å². The molecular formula is C20H13N3O4S. The van der Waals surface area contributed by atoms with E-state index in [2.05, 4.69) is 27.0 Å². The van der Waals surface area contributed by atoms with Gasteiger partial charge in [-0.3, -0.25) is 4.98 Å². The molecule has 138 valence electrons. The lowest BCUT2D eigenvalue weighted by Gasteiger charge is -1.95. The number of esters is 1. The first kappa shape index (κ1) is 17.8. The van der Waals surface area contributed by atoms with Crippen LogP contribution in [-0.4, -0.2) is 33.5 Å². The van der Waals surface area contributed by atoms with Crippen LogP contribution < -0.4 is 0 Å². The van der Waals surface area contributed by atoms with Crippen LogP contribution in [0.15, 0.2) is 68.9 Å². The third-order valence-corrected chi connectivity index (χ3v) is 4.33. The van der Waals surface area contributed by atoms with Crippen molar-refractivity contribution in [2.24, 2.45) is 0 Å². The normalized spacial score (nSPS) is 10.4. The quantitative estimate of drug-likeness (QED) is 0.288. The second kappa shape index (κ2) is 8.41. The molecule has 4 aromatic rings. The van der Waals surface area contributed by atoms with E-state index in [0.29, 0.717) is 22.4 Å². The van der Waals surface area contributed by atoms with E-state index in [9.17, 15) is 4.79 Å². The maximum atomic E-state index is 12.0. The Morgan fingerprint density at radius 1 is 1.07 bits per heavy atom. The van der Waals surface area contributed by atoms with Crippen molar-refractivity contribution in [2.75, 3.05) is 12.4 Å². The zero-order valence-electron chi connectivity index (χ0n) is 14.5. The molecule has 0 spiro atoms. The van der Waals surface area contributed by atoms with Gasteiger partial charge in [-0.25, -0.2) is 4.79 Å². The van der Waals surface area contributed by atoms with E-state index < -0.39 is 5.97 Å². The van der Waals surface area contributed by atoms with Crippen LogP contribution in [0.2, 0.25) is 0 Å². The standard InChI is InChI=1S/C20H13N3O4S/c24-19(17-13-15-5-1-2-6-16(15)26-17)25-11-3-4-12-28-20-23-22-18(27-20)14-7-9-21-10-8-14/h1-2,5-10,13H,11-12H2. The van der Waals surface area contributed by atoms with Crippen LogP contribution in [0.25, 0.3) is 22.4 Å². The van der Waals surface area contributed by atoms with Crippen molar-refractivity contribution in [3.63, 3.8) is 0 Å². The molecule has 28 heavy (non-hydrogen) atoms. The molecule has 0 aliphatic heterocycles.